The maximum absolute atomic E-state index is 13.8. The van der Waals surface area contributed by atoms with Crippen LogP contribution in [0.4, 0.5) is 20.2 Å². The lowest BCUT2D eigenvalue weighted by molar-refractivity contribution is -0.150. The molecule has 288 valence electrons. The number of aromatic nitrogens is 4. The zero-order valence-electron chi connectivity index (χ0n) is 30.1. The second kappa shape index (κ2) is 19.8. The number of nitrogens with one attached hydrogen (secondary N) is 3. The molecule has 0 fully saturated rings. The van der Waals surface area contributed by atoms with Crippen LogP contribution >= 0.6 is 11.6 Å². The minimum atomic E-state index is -1.28. The summed E-state index contributed by atoms with van der Waals surface area (Å²) in [5.74, 6) is -1.81. The van der Waals surface area contributed by atoms with Crippen LogP contribution in [0.25, 0.3) is 11.2 Å². The topological polar surface area (TPSA) is 216 Å². The molecule has 18 heteroatoms. The number of benzene rings is 2. The fraction of sp³-hybridized carbons (Fsp3) is 0.389. The van der Waals surface area contributed by atoms with E-state index in [1.807, 2.05) is 30.3 Å². The number of carboxylic acid groups (broad SMARTS) is 1. The molecule has 0 saturated heterocycles. The summed E-state index contributed by atoms with van der Waals surface area (Å²) < 4.78 is 17.1. The van der Waals surface area contributed by atoms with Crippen LogP contribution in [0.1, 0.15) is 51.2 Å². The van der Waals surface area contributed by atoms with Gasteiger partial charge in [0.15, 0.2) is 17.0 Å². The average molecular weight is 767 g/mol. The Morgan fingerprint density at radius 3 is 2.20 bits per heavy atom. The number of hydrogen-bond donors (Lipinski definition) is 4. The third-order valence-electron chi connectivity index (χ3n) is 7.60. The zero-order valence-corrected chi connectivity index (χ0v) is 30.9. The number of carbonyl (C=O) groups is 5. The second-order valence-electron chi connectivity index (χ2n) is 12.9. The van der Waals surface area contributed by atoms with Gasteiger partial charge in [0.05, 0.1) is 6.33 Å². The number of amides is 4. The molecule has 0 unspecified atom stereocenters. The van der Waals surface area contributed by atoms with E-state index < -0.39 is 41.8 Å². The molecule has 0 bridgehead atoms. The Balaban J connectivity index is 1.38. The number of carboxylic acids is 1. The largest absolute Gasteiger partial charge is 0.480 e. The van der Waals surface area contributed by atoms with Crippen LogP contribution in [-0.2, 0) is 43.6 Å². The molecule has 17 nitrogen and oxygen atoms in total. The molecule has 0 radical (unpaired) electrons. The number of halogens is 1. The molecule has 0 aliphatic rings. The fourth-order valence-electron chi connectivity index (χ4n) is 5.07. The molecule has 1 atom stereocenters. The van der Waals surface area contributed by atoms with E-state index in [1.54, 1.807) is 45.0 Å². The van der Waals surface area contributed by atoms with E-state index in [1.165, 1.54) is 17.2 Å². The maximum atomic E-state index is 13.8. The second-order valence-corrected chi connectivity index (χ2v) is 13.4. The van der Waals surface area contributed by atoms with E-state index in [4.69, 9.17) is 25.8 Å². The van der Waals surface area contributed by atoms with Crippen molar-refractivity contribution in [1.82, 2.24) is 35.1 Å². The van der Waals surface area contributed by atoms with E-state index in [9.17, 15) is 29.1 Å². The lowest BCUT2D eigenvalue weighted by Crippen LogP contribution is -2.49. The van der Waals surface area contributed by atoms with Gasteiger partial charge in [-0.05, 0) is 63.3 Å². The Labute approximate surface area is 316 Å². The molecular weight excluding hydrogens is 724 g/mol. The summed E-state index contributed by atoms with van der Waals surface area (Å²) in [5.41, 5.74) is 1.16. The first-order valence-corrected chi connectivity index (χ1v) is 17.4. The number of nitrogens with zero attached hydrogens (tertiary/aromatic N) is 5. The van der Waals surface area contributed by atoms with Crippen molar-refractivity contribution in [2.75, 3.05) is 25.0 Å². The highest BCUT2D eigenvalue weighted by Gasteiger charge is 2.30. The number of alkyl carbamates (subject to hydrolysis) is 2. The van der Waals surface area contributed by atoms with Crippen molar-refractivity contribution >= 4 is 58.7 Å². The van der Waals surface area contributed by atoms with Crippen molar-refractivity contribution in [3.8, 4) is 0 Å². The van der Waals surface area contributed by atoms with Crippen LogP contribution in [0.5, 0.6) is 0 Å². The highest BCUT2D eigenvalue weighted by molar-refractivity contribution is 6.30. The molecule has 0 spiro atoms. The number of ether oxygens (including phenoxy) is 3. The molecule has 4 rings (SSSR count). The van der Waals surface area contributed by atoms with Crippen molar-refractivity contribution in [3.63, 3.8) is 0 Å². The minimum absolute atomic E-state index is 0.0292. The van der Waals surface area contributed by atoms with Crippen molar-refractivity contribution in [2.24, 2.45) is 0 Å². The number of aliphatic carboxylic acids is 1. The molecule has 4 aromatic rings. The van der Waals surface area contributed by atoms with Gasteiger partial charge in [0.2, 0.25) is 5.91 Å². The van der Waals surface area contributed by atoms with Gasteiger partial charge in [-0.2, -0.15) is 0 Å². The third-order valence-corrected chi connectivity index (χ3v) is 7.85. The van der Waals surface area contributed by atoms with Crippen LogP contribution in [0, 0.1) is 0 Å². The lowest BCUT2D eigenvalue weighted by Gasteiger charge is -2.30. The van der Waals surface area contributed by atoms with Crippen LogP contribution in [-0.4, -0.2) is 91.0 Å². The van der Waals surface area contributed by atoms with E-state index in [-0.39, 0.29) is 62.8 Å². The van der Waals surface area contributed by atoms with Crippen molar-refractivity contribution < 1.29 is 43.3 Å². The normalized spacial score (nSPS) is 11.6. The van der Waals surface area contributed by atoms with E-state index in [0.29, 0.717) is 17.9 Å². The molecule has 54 heavy (non-hydrogen) atoms. The lowest BCUT2D eigenvalue weighted by atomic mass is 10.1. The molecular formula is C36H43ClN8O9. The van der Waals surface area contributed by atoms with Gasteiger partial charge in [-0.15, -0.1) is 0 Å². The van der Waals surface area contributed by atoms with Gasteiger partial charge in [-0.1, -0.05) is 54.1 Å². The minimum Gasteiger partial charge on any atom is -0.480 e. The molecule has 4 N–H and O–H groups in total. The van der Waals surface area contributed by atoms with Crippen molar-refractivity contribution in [1.29, 1.82) is 0 Å². The third kappa shape index (κ3) is 13.2. The Morgan fingerprint density at radius 2 is 1.52 bits per heavy atom. The molecule has 2 heterocycles. The van der Waals surface area contributed by atoms with E-state index in [0.717, 1.165) is 16.0 Å². The van der Waals surface area contributed by atoms with Gasteiger partial charge in [0.1, 0.15) is 37.7 Å². The van der Waals surface area contributed by atoms with Gasteiger partial charge >= 0.3 is 24.2 Å². The summed E-state index contributed by atoms with van der Waals surface area (Å²) in [5, 5.41) is 18.5. The summed E-state index contributed by atoms with van der Waals surface area (Å²) in [6, 6.07) is 14.7. The monoisotopic (exact) mass is 766 g/mol. The Hall–Kier alpha value is -5.97. The van der Waals surface area contributed by atoms with Gasteiger partial charge in [-0.3, -0.25) is 10.1 Å². The Bertz CT molecular complexity index is 1880. The fourth-order valence-corrected chi connectivity index (χ4v) is 5.20. The SMILES string of the molecule is CC(C)(C)OC(=O)NCCN(C(=O)Cn1cnc2c(NC(=O)OCc3ccccc3)ncnc21)[C@H](CCCCNC(=O)OCc1ccc(Cl)cc1)C(=O)O. The summed E-state index contributed by atoms with van der Waals surface area (Å²) in [4.78, 5) is 77.1. The first kappa shape index (κ1) is 40.8. The number of unbranched alkanes of at least 4 members (excludes halogenated alkanes) is 1. The number of rotatable bonds is 17. The average Bonchev–Trinajstić information content (AvgIpc) is 3.53. The van der Waals surface area contributed by atoms with Gasteiger partial charge in [0, 0.05) is 24.7 Å². The van der Waals surface area contributed by atoms with Crippen LogP contribution < -0.4 is 16.0 Å². The molecule has 0 aliphatic heterocycles. The molecule has 2 aromatic heterocycles. The summed E-state index contributed by atoms with van der Waals surface area (Å²) in [7, 11) is 0. The summed E-state index contributed by atoms with van der Waals surface area (Å²) >= 11 is 5.88. The standard InChI is InChI=1S/C36H43ClN8O9/c1-36(2,3)54-34(50)39-17-18-45(27(32(47)48)11-7-8-16-38-33(49)52-21-25-12-14-26(37)15-13-25)28(46)19-44-23-42-29-30(40-22-41-31(29)44)43-35(51)53-20-24-9-5-4-6-10-24/h4-6,9-10,12-15,22-23,27H,7-8,11,16-21H2,1-3H3,(H,38,49)(H,39,50)(H,47,48)(H,40,41,43,51)/t27-/m1/s1. The highest BCUT2D eigenvalue weighted by atomic mass is 35.5. The summed E-state index contributed by atoms with van der Waals surface area (Å²) in [6.45, 7) is 4.75. The van der Waals surface area contributed by atoms with Gasteiger partial charge < -0.3 is 39.4 Å². The summed E-state index contributed by atoms with van der Waals surface area (Å²) in [6.07, 6.45) is 1.13. The first-order chi connectivity index (χ1) is 25.8. The van der Waals surface area contributed by atoms with Crippen LogP contribution in [0.3, 0.4) is 0 Å². The number of carbonyl (C=O) groups excluding carboxylic acids is 4. The molecule has 4 amide bonds. The molecule has 0 aliphatic carbocycles. The molecule has 0 saturated carbocycles. The van der Waals surface area contributed by atoms with Gasteiger partial charge in [-0.25, -0.2) is 34.1 Å². The van der Waals surface area contributed by atoms with Gasteiger partial charge in [0.25, 0.3) is 0 Å². The Kier molecular flexibility index (Phi) is 14.9. The zero-order chi connectivity index (χ0) is 39.1. The number of fused-ring (bicyclic) bond motifs is 1. The highest BCUT2D eigenvalue weighted by Crippen LogP contribution is 2.19. The van der Waals surface area contributed by atoms with Crippen LogP contribution in [0.2, 0.25) is 5.02 Å². The smallest absolute Gasteiger partial charge is 0.413 e. The maximum Gasteiger partial charge on any atom is 0.413 e. The first-order valence-electron chi connectivity index (χ1n) is 17.1. The number of anilines is 1. The number of imidazole rings is 1. The quantitative estimate of drug-likeness (QED) is 0.0813. The van der Waals surface area contributed by atoms with E-state index >= 15 is 0 Å². The Morgan fingerprint density at radius 1 is 0.852 bits per heavy atom. The van der Waals surface area contributed by atoms with Crippen molar-refractivity contribution in [2.45, 2.75) is 71.4 Å². The molecule has 2 aromatic carbocycles. The van der Waals surface area contributed by atoms with E-state index in [2.05, 4.69) is 30.9 Å². The predicted molar refractivity (Wildman–Crippen MR) is 196 cm³/mol. The van der Waals surface area contributed by atoms with Crippen molar-refractivity contribution in [3.05, 3.63) is 83.4 Å². The predicted octanol–water partition coefficient (Wildman–Crippen LogP) is 5.13. The number of hydrogen-bond acceptors (Lipinski definition) is 11. The van der Waals surface area contributed by atoms with Crippen LogP contribution in [0.15, 0.2) is 67.3 Å².